The molecule has 0 bridgehead atoms. The number of para-hydroxylation sites is 1. The summed E-state index contributed by atoms with van der Waals surface area (Å²) in [4.78, 5) is 11.2. The van der Waals surface area contributed by atoms with Crippen molar-refractivity contribution in [2.24, 2.45) is 0 Å². The van der Waals surface area contributed by atoms with E-state index in [1.54, 1.807) is 0 Å². The number of nitrogens with one attached hydrogen (secondary N) is 1. The van der Waals surface area contributed by atoms with Crippen molar-refractivity contribution in [2.45, 2.75) is 25.3 Å². The molecule has 0 saturated carbocycles. The molecule has 0 spiro atoms. The lowest BCUT2D eigenvalue weighted by molar-refractivity contribution is -0.142. The van der Waals surface area contributed by atoms with Gasteiger partial charge in [-0.15, -0.1) is 0 Å². The molecule has 116 valence electrons. The summed E-state index contributed by atoms with van der Waals surface area (Å²) in [5.74, 6) is -2.05. The molecule has 2 rings (SSSR count). The highest BCUT2D eigenvalue weighted by Crippen LogP contribution is 2.28. The van der Waals surface area contributed by atoms with E-state index < -0.39 is 28.0 Å². The predicted octanol–water partition coefficient (Wildman–Crippen LogP) is 2.07. The van der Waals surface area contributed by atoms with E-state index in [4.69, 9.17) is 16.7 Å². The number of carbonyl (C=O) groups is 1. The number of piperidine rings is 1. The second-order valence-electron chi connectivity index (χ2n) is 4.66. The van der Waals surface area contributed by atoms with Gasteiger partial charge in [-0.2, -0.15) is 12.7 Å². The van der Waals surface area contributed by atoms with Crippen molar-refractivity contribution in [2.75, 3.05) is 11.3 Å². The van der Waals surface area contributed by atoms with Crippen molar-refractivity contribution in [3.63, 3.8) is 0 Å². The minimum atomic E-state index is -4.20. The minimum Gasteiger partial charge on any atom is -0.480 e. The zero-order chi connectivity index (χ0) is 15.6. The van der Waals surface area contributed by atoms with E-state index in [0.29, 0.717) is 12.8 Å². The number of carboxylic acid groups (broad SMARTS) is 1. The Morgan fingerprint density at radius 2 is 2.14 bits per heavy atom. The predicted molar refractivity (Wildman–Crippen MR) is 75.9 cm³/mol. The summed E-state index contributed by atoms with van der Waals surface area (Å²) in [5.41, 5.74) is -0.381. The van der Waals surface area contributed by atoms with Crippen LogP contribution in [0.5, 0.6) is 0 Å². The largest absolute Gasteiger partial charge is 0.480 e. The first kappa shape index (κ1) is 16.0. The van der Waals surface area contributed by atoms with Crippen LogP contribution in [0.2, 0.25) is 5.02 Å². The zero-order valence-electron chi connectivity index (χ0n) is 10.9. The number of anilines is 1. The Bertz CT molecular complexity index is 632. The fourth-order valence-electron chi connectivity index (χ4n) is 2.22. The van der Waals surface area contributed by atoms with Gasteiger partial charge in [0.15, 0.2) is 0 Å². The summed E-state index contributed by atoms with van der Waals surface area (Å²) in [5, 5.41) is 9.02. The average Bonchev–Trinajstić information content (AvgIpc) is 2.43. The van der Waals surface area contributed by atoms with Crippen molar-refractivity contribution in [1.29, 1.82) is 0 Å². The highest BCUT2D eigenvalue weighted by molar-refractivity contribution is 7.90. The number of rotatable bonds is 4. The van der Waals surface area contributed by atoms with Crippen molar-refractivity contribution < 1.29 is 22.7 Å². The van der Waals surface area contributed by atoms with E-state index in [1.807, 2.05) is 4.72 Å². The van der Waals surface area contributed by atoms with Crippen LogP contribution in [0.1, 0.15) is 19.3 Å². The number of hydrogen-bond acceptors (Lipinski definition) is 3. The third-order valence-corrected chi connectivity index (χ3v) is 5.07. The third-order valence-electron chi connectivity index (χ3n) is 3.24. The van der Waals surface area contributed by atoms with Crippen LogP contribution in [-0.4, -0.2) is 36.4 Å². The second-order valence-corrected chi connectivity index (χ2v) is 6.69. The standard InChI is InChI=1S/C12H14ClFN2O4S/c13-8-4-3-5-9(14)11(8)15-21(19,20)16-7-2-1-6-10(16)12(17)18/h3-5,10,15H,1-2,6-7H2,(H,17,18). The Hall–Kier alpha value is -1.38. The molecular weight excluding hydrogens is 323 g/mol. The van der Waals surface area contributed by atoms with Gasteiger partial charge >= 0.3 is 16.2 Å². The first-order valence-electron chi connectivity index (χ1n) is 6.29. The SMILES string of the molecule is O=C(O)C1CCCCN1S(=O)(=O)Nc1c(F)cccc1Cl. The molecule has 6 nitrogen and oxygen atoms in total. The molecule has 9 heteroatoms. The molecule has 1 heterocycles. The molecule has 0 radical (unpaired) electrons. The Balaban J connectivity index is 2.31. The molecule has 1 unspecified atom stereocenters. The molecule has 1 saturated heterocycles. The van der Waals surface area contributed by atoms with E-state index in [9.17, 15) is 17.6 Å². The van der Waals surface area contributed by atoms with Gasteiger partial charge in [0.1, 0.15) is 17.5 Å². The molecule has 21 heavy (non-hydrogen) atoms. The maximum atomic E-state index is 13.7. The lowest BCUT2D eigenvalue weighted by atomic mass is 10.1. The summed E-state index contributed by atoms with van der Waals surface area (Å²) in [6.45, 7) is 0.0678. The smallest absolute Gasteiger partial charge is 0.322 e. The first-order valence-corrected chi connectivity index (χ1v) is 8.11. The van der Waals surface area contributed by atoms with E-state index in [-0.39, 0.29) is 23.7 Å². The van der Waals surface area contributed by atoms with Crippen LogP contribution in [-0.2, 0) is 15.0 Å². The molecule has 0 amide bonds. The topological polar surface area (TPSA) is 86.7 Å². The second kappa shape index (κ2) is 6.17. The number of halogens is 2. The third kappa shape index (κ3) is 3.45. The lowest BCUT2D eigenvalue weighted by Crippen LogP contribution is -2.50. The molecule has 0 aromatic heterocycles. The first-order chi connectivity index (χ1) is 9.83. The fourth-order valence-corrected chi connectivity index (χ4v) is 3.97. The molecule has 0 aliphatic carbocycles. The summed E-state index contributed by atoms with van der Waals surface area (Å²) < 4.78 is 41.1. The maximum absolute atomic E-state index is 13.7. The molecular formula is C12H14ClFN2O4S. The van der Waals surface area contributed by atoms with E-state index in [0.717, 1.165) is 10.4 Å². The van der Waals surface area contributed by atoms with Crippen molar-refractivity contribution >= 4 is 33.5 Å². The number of carboxylic acids is 1. The van der Waals surface area contributed by atoms with E-state index in [2.05, 4.69) is 0 Å². The van der Waals surface area contributed by atoms with Crippen molar-refractivity contribution in [1.82, 2.24) is 4.31 Å². The molecule has 1 aliphatic heterocycles. The van der Waals surface area contributed by atoms with Crippen LogP contribution in [0, 0.1) is 5.82 Å². The molecule has 1 aromatic carbocycles. The van der Waals surface area contributed by atoms with Crippen molar-refractivity contribution in [3.8, 4) is 0 Å². The van der Waals surface area contributed by atoms with Crippen molar-refractivity contribution in [3.05, 3.63) is 29.0 Å². The van der Waals surface area contributed by atoms with E-state index >= 15 is 0 Å². The van der Waals surface area contributed by atoms with Gasteiger partial charge in [0, 0.05) is 6.54 Å². The fraction of sp³-hybridized carbons (Fsp3) is 0.417. The Morgan fingerprint density at radius 1 is 1.43 bits per heavy atom. The van der Waals surface area contributed by atoms with Gasteiger partial charge in [-0.05, 0) is 31.4 Å². The van der Waals surface area contributed by atoms with Gasteiger partial charge in [0.25, 0.3) is 0 Å². The van der Waals surface area contributed by atoms with Crippen LogP contribution < -0.4 is 4.72 Å². The van der Waals surface area contributed by atoms with Gasteiger partial charge in [0.05, 0.1) is 5.02 Å². The van der Waals surface area contributed by atoms with Gasteiger partial charge in [-0.3, -0.25) is 9.52 Å². The summed E-state index contributed by atoms with van der Waals surface area (Å²) in [6.07, 6.45) is 1.40. The Labute approximate surface area is 126 Å². The van der Waals surface area contributed by atoms with Gasteiger partial charge in [-0.1, -0.05) is 17.7 Å². The van der Waals surface area contributed by atoms with Crippen LogP contribution in [0.3, 0.4) is 0 Å². The average molecular weight is 337 g/mol. The number of nitrogens with zero attached hydrogens (tertiary/aromatic N) is 1. The van der Waals surface area contributed by atoms with Gasteiger partial charge in [0.2, 0.25) is 0 Å². The van der Waals surface area contributed by atoms with Crippen LogP contribution in [0.25, 0.3) is 0 Å². The maximum Gasteiger partial charge on any atom is 0.322 e. The van der Waals surface area contributed by atoms with Gasteiger partial charge in [-0.25, -0.2) is 4.39 Å². The summed E-state index contributed by atoms with van der Waals surface area (Å²) in [6, 6.07) is 2.60. The monoisotopic (exact) mass is 336 g/mol. The van der Waals surface area contributed by atoms with Crippen LogP contribution >= 0.6 is 11.6 Å². The zero-order valence-corrected chi connectivity index (χ0v) is 12.5. The molecule has 1 aliphatic rings. The molecule has 1 fully saturated rings. The quantitative estimate of drug-likeness (QED) is 0.881. The summed E-state index contributed by atoms with van der Waals surface area (Å²) in [7, 11) is -4.20. The minimum absolute atomic E-state index is 0.0678. The number of benzene rings is 1. The number of aliphatic carboxylic acids is 1. The van der Waals surface area contributed by atoms with Crippen LogP contribution in [0.4, 0.5) is 10.1 Å². The Kier molecular flexibility index (Phi) is 4.70. The normalized spacial score (nSPS) is 20.2. The molecule has 2 N–H and O–H groups in total. The Morgan fingerprint density at radius 3 is 2.76 bits per heavy atom. The number of hydrogen-bond donors (Lipinski definition) is 2. The van der Waals surface area contributed by atoms with Gasteiger partial charge < -0.3 is 5.11 Å². The summed E-state index contributed by atoms with van der Waals surface area (Å²) >= 11 is 5.77. The van der Waals surface area contributed by atoms with Crippen LogP contribution in [0.15, 0.2) is 18.2 Å². The highest BCUT2D eigenvalue weighted by Gasteiger charge is 2.37. The molecule has 1 aromatic rings. The van der Waals surface area contributed by atoms with E-state index in [1.165, 1.54) is 12.1 Å². The lowest BCUT2D eigenvalue weighted by Gasteiger charge is -2.32. The molecule has 1 atom stereocenters. The highest BCUT2D eigenvalue weighted by atomic mass is 35.5.